The highest BCUT2D eigenvalue weighted by atomic mass is 35.5. The van der Waals surface area contributed by atoms with Crippen molar-refractivity contribution in [2.75, 3.05) is 7.11 Å². The number of thioether (sulfide) groups is 1. The predicted molar refractivity (Wildman–Crippen MR) is 118 cm³/mol. The third-order valence-corrected chi connectivity index (χ3v) is 5.84. The minimum absolute atomic E-state index is 0.0887. The van der Waals surface area contributed by atoms with Gasteiger partial charge in [-0.2, -0.15) is 0 Å². The van der Waals surface area contributed by atoms with E-state index in [9.17, 15) is 19.5 Å². The van der Waals surface area contributed by atoms with Gasteiger partial charge in [-0.05, 0) is 53.6 Å². The molecule has 1 unspecified atom stereocenters. The van der Waals surface area contributed by atoms with E-state index in [1.54, 1.807) is 55.5 Å². The van der Waals surface area contributed by atoms with Crippen molar-refractivity contribution in [1.82, 2.24) is 4.90 Å². The molecule has 0 radical (unpaired) electrons. The predicted octanol–water partition coefficient (Wildman–Crippen LogP) is 4.83. The summed E-state index contributed by atoms with van der Waals surface area (Å²) in [7, 11) is 1.44. The maximum Gasteiger partial charge on any atom is 0.344 e. The Kier molecular flexibility index (Phi) is 7.25. The van der Waals surface area contributed by atoms with Gasteiger partial charge in [0.2, 0.25) is 0 Å². The van der Waals surface area contributed by atoms with Crippen LogP contribution in [0.3, 0.4) is 0 Å². The number of carboxylic acids is 1. The van der Waals surface area contributed by atoms with Crippen molar-refractivity contribution in [3.05, 3.63) is 63.5 Å². The largest absolute Gasteiger partial charge is 0.493 e. The Morgan fingerprint density at radius 1 is 1.23 bits per heavy atom. The fourth-order valence-electron chi connectivity index (χ4n) is 2.92. The number of methoxy groups -OCH3 is 1. The molecule has 162 valence electrons. The van der Waals surface area contributed by atoms with Gasteiger partial charge in [0, 0.05) is 5.02 Å². The van der Waals surface area contributed by atoms with Gasteiger partial charge in [-0.25, -0.2) is 4.79 Å². The summed E-state index contributed by atoms with van der Waals surface area (Å²) in [6, 6.07) is 11.9. The Morgan fingerprint density at radius 3 is 2.61 bits per heavy atom. The number of nitrogens with zero attached hydrogens (tertiary/aromatic N) is 1. The first-order valence-electron chi connectivity index (χ1n) is 9.40. The Hall–Kier alpha value is -2.97. The Bertz CT molecular complexity index is 1050. The second kappa shape index (κ2) is 9.89. The van der Waals surface area contributed by atoms with Crippen molar-refractivity contribution in [2.24, 2.45) is 0 Å². The van der Waals surface area contributed by atoms with Crippen LogP contribution in [0.15, 0.2) is 47.4 Å². The number of carboxylic acid groups (broad SMARTS) is 1. The molecular formula is C22H20ClNO6S. The molecule has 0 aromatic heterocycles. The third kappa shape index (κ3) is 5.21. The van der Waals surface area contributed by atoms with E-state index in [1.165, 1.54) is 7.11 Å². The second-order valence-corrected chi connectivity index (χ2v) is 8.02. The average molecular weight is 462 g/mol. The van der Waals surface area contributed by atoms with E-state index < -0.39 is 18.0 Å². The molecule has 2 aromatic carbocycles. The van der Waals surface area contributed by atoms with Crippen molar-refractivity contribution in [3.8, 4) is 11.5 Å². The van der Waals surface area contributed by atoms with Gasteiger partial charge in [-0.3, -0.25) is 14.5 Å². The summed E-state index contributed by atoms with van der Waals surface area (Å²) in [5.41, 5.74) is 1.29. The van der Waals surface area contributed by atoms with E-state index in [-0.39, 0.29) is 22.4 Å². The molecule has 1 N–H and O–H groups in total. The lowest BCUT2D eigenvalue weighted by Crippen LogP contribution is -2.27. The number of carbonyl (C=O) groups excluding carboxylic acids is 2. The van der Waals surface area contributed by atoms with Crippen molar-refractivity contribution in [1.29, 1.82) is 0 Å². The van der Waals surface area contributed by atoms with Gasteiger partial charge in [0.25, 0.3) is 11.1 Å². The molecule has 2 amide bonds. The van der Waals surface area contributed by atoms with E-state index >= 15 is 0 Å². The fourth-order valence-corrected chi connectivity index (χ4v) is 3.95. The highest BCUT2D eigenvalue weighted by molar-refractivity contribution is 8.18. The van der Waals surface area contributed by atoms with Crippen LogP contribution in [0.2, 0.25) is 5.02 Å². The van der Waals surface area contributed by atoms with E-state index in [1.807, 2.05) is 0 Å². The molecular weight excluding hydrogens is 442 g/mol. The first kappa shape index (κ1) is 22.7. The van der Waals surface area contributed by atoms with Gasteiger partial charge >= 0.3 is 5.97 Å². The summed E-state index contributed by atoms with van der Waals surface area (Å²) < 4.78 is 10.8. The summed E-state index contributed by atoms with van der Waals surface area (Å²) in [5, 5.41) is 9.29. The summed E-state index contributed by atoms with van der Waals surface area (Å²) in [5.74, 6) is -0.878. The molecule has 1 fully saturated rings. The Balaban J connectivity index is 1.81. The van der Waals surface area contributed by atoms with E-state index in [2.05, 4.69) is 0 Å². The van der Waals surface area contributed by atoms with Gasteiger partial charge in [-0.15, -0.1) is 0 Å². The van der Waals surface area contributed by atoms with Crippen LogP contribution >= 0.6 is 23.4 Å². The summed E-state index contributed by atoms with van der Waals surface area (Å²) in [6.07, 6.45) is 0.873. The van der Waals surface area contributed by atoms with Gasteiger partial charge in [0.1, 0.15) is 0 Å². The van der Waals surface area contributed by atoms with Crippen LogP contribution in [-0.4, -0.2) is 40.3 Å². The molecule has 3 rings (SSSR count). The summed E-state index contributed by atoms with van der Waals surface area (Å²) in [4.78, 5) is 37.8. The molecule has 1 saturated heterocycles. The highest BCUT2D eigenvalue weighted by Crippen LogP contribution is 2.36. The number of hydrogen-bond acceptors (Lipinski definition) is 6. The van der Waals surface area contributed by atoms with Crippen LogP contribution in [0, 0.1) is 0 Å². The monoisotopic (exact) mass is 461 g/mol. The first-order valence-corrected chi connectivity index (χ1v) is 10.6. The van der Waals surface area contributed by atoms with Crippen LogP contribution < -0.4 is 9.47 Å². The average Bonchev–Trinajstić information content (AvgIpc) is 3.01. The number of hydrogen-bond donors (Lipinski definition) is 1. The normalized spacial score (nSPS) is 16.0. The van der Waals surface area contributed by atoms with E-state index in [0.29, 0.717) is 28.3 Å². The number of carbonyl (C=O) groups is 3. The Morgan fingerprint density at radius 2 is 1.97 bits per heavy atom. The number of benzene rings is 2. The van der Waals surface area contributed by atoms with Crippen molar-refractivity contribution < 1.29 is 29.0 Å². The van der Waals surface area contributed by atoms with Crippen molar-refractivity contribution in [3.63, 3.8) is 0 Å². The van der Waals surface area contributed by atoms with Crippen LogP contribution in [-0.2, 0) is 16.1 Å². The lowest BCUT2D eigenvalue weighted by Gasteiger charge is -2.16. The second-order valence-electron chi connectivity index (χ2n) is 6.62. The number of imide groups is 1. The van der Waals surface area contributed by atoms with Crippen LogP contribution in [0.1, 0.15) is 24.5 Å². The zero-order valence-electron chi connectivity index (χ0n) is 16.8. The molecule has 31 heavy (non-hydrogen) atoms. The molecule has 0 aliphatic carbocycles. The van der Waals surface area contributed by atoms with Crippen molar-refractivity contribution in [2.45, 2.75) is 26.0 Å². The maximum atomic E-state index is 12.8. The SMILES string of the molecule is CCC(Oc1ccc(/C=C2/SC(=O)N(Cc3ccccc3Cl)C2=O)cc1OC)C(=O)O. The smallest absolute Gasteiger partial charge is 0.344 e. The van der Waals surface area contributed by atoms with Gasteiger partial charge in [0.15, 0.2) is 17.6 Å². The number of ether oxygens (including phenoxy) is 2. The molecule has 2 aromatic rings. The highest BCUT2D eigenvalue weighted by Gasteiger charge is 2.35. The maximum absolute atomic E-state index is 12.8. The summed E-state index contributed by atoms with van der Waals surface area (Å²) in [6.45, 7) is 1.80. The number of halogens is 1. The minimum atomic E-state index is -1.07. The molecule has 0 saturated carbocycles. The topological polar surface area (TPSA) is 93.1 Å². The number of aliphatic carboxylic acids is 1. The van der Waals surface area contributed by atoms with Gasteiger partial charge in [0.05, 0.1) is 18.6 Å². The van der Waals surface area contributed by atoms with Gasteiger partial charge in [-0.1, -0.05) is 42.8 Å². The molecule has 0 spiro atoms. The number of rotatable bonds is 8. The molecule has 0 bridgehead atoms. The quantitative estimate of drug-likeness (QED) is 0.563. The third-order valence-electron chi connectivity index (χ3n) is 4.56. The molecule has 1 aliphatic heterocycles. The zero-order chi connectivity index (χ0) is 22.5. The van der Waals surface area contributed by atoms with E-state index in [4.69, 9.17) is 21.1 Å². The standard InChI is InChI=1S/C22H20ClNO6S/c1-3-16(21(26)27)30-17-9-8-13(10-18(17)29-2)11-19-20(25)24(22(28)31-19)12-14-6-4-5-7-15(14)23/h4-11,16H,3,12H2,1-2H3,(H,26,27)/b19-11+. The molecule has 1 atom stereocenters. The molecule has 9 heteroatoms. The van der Waals surface area contributed by atoms with Crippen LogP contribution in [0.25, 0.3) is 6.08 Å². The number of amides is 2. The molecule has 1 aliphatic rings. The van der Waals surface area contributed by atoms with E-state index in [0.717, 1.165) is 16.7 Å². The van der Waals surface area contributed by atoms with Crippen LogP contribution in [0.4, 0.5) is 4.79 Å². The molecule has 7 nitrogen and oxygen atoms in total. The lowest BCUT2D eigenvalue weighted by atomic mass is 10.1. The van der Waals surface area contributed by atoms with Crippen molar-refractivity contribution >= 4 is 46.6 Å². The van der Waals surface area contributed by atoms with Gasteiger partial charge < -0.3 is 14.6 Å². The minimum Gasteiger partial charge on any atom is -0.493 e. The fraction of sp³-hybridized carbons (Fsp3) is 0.227. The molecule has 1 heterocycles. The Labute approximate surface area is 188 Å². The first-order chi connectivity index (χ1) is 14.8. The zero-order valence-corrected chi connectivity index (χ0v) is 18.4. The van der Waals surface area contributed by atoms with Crippen LogP contribution in [0.5, 0.6) is 11.5 Å². The lowest BCUT2D eigenvalue weighted by molar-refractivity contribution is -0.145. The summed E-state index contributed by atoms with van der Waals surface area (Å²) >= 11 is 6.99.